The second-order valence-corrected chi connectivity index (χ2v) is 9.51. The van der Waals surface area contributed by atoms with Crippen LogP contribution in [0.4, 0.5) is 5.69 Å². The minimum absolute atomic E-state index is 0.150. The van der Waals surface area contributed by atoms with E-state index in [-0.39, 0.29) is 40.4 Å². The SMILES string of the molecule is COCCOc1cc2cc(C(=O)Nc3cc(C(=O)NC(CCN)c4ccccc4)ccc3Cl)c(=O)[nH]c2cc1OC. The maximum absolute atomic E-state index is 13.2. The molecule has 0 aliphatic carbocycles. The van der Waals surface area contributed by atoms with Crippen molar-refractivity contribution in [2.45, 2.75) is 12.5 Å². The average molecular weight is 579 g/mol. The fraction of sp³-hybridized carbons (Fsp3) is 0.233. The van der Waals surface area contributed by atoms with Crippen LogP contribution >= 0.6 is 11.6 Å². The number of aromatic nitrogens is 1. The van der Waals surface area contributed by atoms with E-state index < -0.39 is 11.5 Å². The number of fused-ring (bicyclic) bond motifs is 1. The van der Waals surface area contributed by atoms with Gasteiger partial charge in [-0.05, 0) is 48.9 Å². The van der Waals surface area contributed by atoms with Crippen molar-refractivity contribution in [2.75, 3.05) is 39.3 Å². The molecule has 4 aromatic rings. The van der Waals surface area contributed by atoms with E-state index in [1.54, 1.807) is 25.3 Å². The van der Waals surface area contributed by atoms with Crippen LogP contribution in [0.5, 0.6) is 11.5 Å². The summed E-state index contributed by atoms with van der Waals surface area (Å²) in [6, 6.07) is 18.5. The molecule has 1 unspecified atom stereocenters. The molecule has 11 heteroatoms. The topological polar surface area (TPSA) is 145 Å². The highest BCUT2D eigenvalue weighted by Gasteiger charge is 2.19. The van der Waals surface area contributed by atoms with E-state index in [9.17, 15) is 14.4 Å². The molecule has 3 aromatic carbocycles. The molecular weight excluding hydrogens is 548 g/mol. The van der Waals surface area contributed by atoms with Crippen molar-refractivity contribution in [3.8, 4) is 11.5 Å². The zero-order chi connectivity index (χ0) is 29.4. The third-order valence-corrected chi connectivity index (χ3v) is 6.69. The van der Waals surface area contributed by atoms with Gasteiger partial charge in [-0.15, -0.1) is 0 Å². The van der Waals surface area contributed by atoms with Crippen LogP contribution in [-0.2, 0) is 4.74 Å². The van der Waals surface area contributed by atoms with Gasteiger partial charge in [-0.1, -0.05) is 41.9 Å². The Balaban J connectivity index is 1.57. The van der Waals surface area contributed by atoms with E-state index in [1.807, 2.05) is 30.3 Å². The fourth-order valence-corrected chi connectivity index (χ4v) is 4.42. The zero-order valence-corrected chi connectivity index (χ0v) is 23.4. The molecule has 0 fully saturated rings. The minimum atomic E-state index is -0.699. The number of nitrogens with one attached hydrogen (secondary N) is 3. The second-order valence-electron chi connectivity index (χ2n) is 9.11. The van der Waals surface area contributed by atoms with Gasteiger partial charge in [0.2, 0.25) is 0 Å². The summed E-state index contributed by atoms with van der Waals surface area (Å²) in [5.41, 5.74) is 6.85. The number of hydrogen-bond acceptors (Lipinski definition) is 7. The van der Waals surface area contributed by atoms with Gasteiger partial charge < -0.3 is 35.6 Å². The first-order chi connectivity index (χ1) is 19.8. The summed E-state index contributed by atoms with van der Waals surface area (Å²) in [6.07, 6.45) is 0.544. The van der Waals surface area contributed by atoms with Crippen LogP contribution in [0.25, 0.3) is 10.9 Å². The number of anilines is 1. The van der Waals surface area contributed by atoms with Crippen LogP contribution in [0, 0.1) is 0 Å². The first-order valence-electron chi connectivity index (χ1n) is 12.9. The number of benzene rings is 3. The molecule has 0 aliphatic heterocycles. The maximum Gasteiger partial charge on any atom is 0.261 e. The zero-order valence-electron chi connectivity index (χ0n) is 22.7. The van der Waals surface area contributed by atoms with Crippen molar-refractivity contribution in [2.24, 2.45) is 5.73 Å². The standard InChI is InChI=1S/C30H31ClN4O6/c1-39-12-13-41-27-16-20-14-21(29(37)34-24(20)17-26(27)40-2)30(38)35-25-15-19(8-9-22(25)31)28(36)33-23(10-11-32)18-6-4-3-5-7-18/h3-9,14-17,23H,10-13,32H2,1-2H3,(H,33,36)(H,34,37)(H,35,38). The molecule has 0 bridgehead atoms. The van der Waals surface area contributed by atoms with Crippen molar-refractivity contribution in [3.05, 3.63) is 98.8 Å². The maximum atomic E-state index is 13.2. The molecule has 1 atom stereocenters. The third-order valence-electron chi connectivity index (χ3n) is 6.36. The number of H-pyrrole nitrogens is 1. The van der Waals surface area contributed by atoms with Gasteiger partial charge in [0.1, 0.15) is 12.2 Å². The predicted molar refractivity (Wildman–Crippen MR) is 158 cm³/mol. The van der Waals surface area contributed by atoms with E-state index in [0.717, 1.165) is 5.56 Å². The molecule has 0 spiro atoms. The lowest BCUT2D eigenvalue weighted by Gasteiger charge is -2.19. The van der Waals surface area contributed by atoms with Crippen LogP contribution in [0.2, 0.25) is 5.02 Å². The Labute approximate surface area is 241 Å². The highest BCUT2D eigenvalue weighted by atomic mass is 35.5. The summed E-state index contributed by atoms with van der Waals surface area (Å²) >= 11 is 6.34. The summed E-state index contributed by atoms with van der Waals surface area (Å²) in [4.78, 5) is 41.8. The number of hydrogen-bond donors (Lipinski definition) is 4. The van der Waals surface area contributed by atoms with Gasteiger partial charge in [0.15, 0.2) is 11.5 Å². The summed E-state index contributed by atoms with van der Waals surface area (Å²) in [5, 5.41) is 6.39. The number of rotatable bonds is 12. The molecule has 0 radical (unpaired) electrons. The first-order valence-corrected chi connectivity index (χ1v) is 13.3. The van der Waals surface area contributed by atoms with Gasteiger partial charge in [0, 0.05) is 24.1 Å². The van der Waals surface area contributed by atoms with E-state index in [4.69, 9.17) is 31.5 Å². The highest BCUT2D eigenvalue weighted by molar-refractivity contribution is 6.34. The number of carbonyl (C=O) groups excluding carboxylic acids is 2. The molecule has 0 saturated heterocycles. The molecule has 1 aromatic heterocycles. The average Bonchev–Trinajstić information content (AvgIpc) is 2.98. The smallest absolute Gasteiger partial charge is 0.261 e. The summed E-state index contributed by atoms with van der Waals surface area (Å²) in [6.45, 7) is 1.05. The first kappa shape index (κ1) is 29.6. The van der Waals surface area contributed by atoms with E-state index >= 15 is 0 Å². The van der Waals surface area contributed by atoms with Crippen LogP contribution in [0.15, 0.2) is 71.5 Å². The normalized spacial score (nSPS) is 11.6. The Kier molecular flexibility index (Phi) is 9.96. The van der Waals surface area contributed by atoms with Crippen LogP contribution < -0.4 is 31.4 Å². The monoisotopic (exact) mass is 578 g/mol. The van der Waals surface area contributed by atoms with Crippen LogP contribution in [0.1, 0.15) is 38.7 Å². The molecule has 5 N–H and O–H groups in total. The molecule has 2 amide bonds. The number of carbonyl (C=O) groups is 2. The number of nitrogens with two attached hydrogens (primary N) is 1. The van der Waals surface area contributed by atoms with E-state index in [1.165, 1.54) is 25.3 Å². The van der Waals surface area contributed by atoms with Gasteiger partial charge >= 0.3 is 0 Å². The number of methoxy groups -OCH3 is 2. The van der Waals surface area contributed by atoms with E-state index in [2.05, 4.69) is 15.6 Å². The molecule has 0 aliphatic rings. The van der Waals surface area contributed by atoms with Crippen molar-refractivity contribution in [1.29, 1.82) is 0 Å². The summed E-state index contributed by atoms with van der Waals surface area (Å²) in [5.74, 6) is -0.210. The predicted octanol–water partition coefficient (Wildman–Crippen LogP) is 4.29. The Hall–Kier alpha value is -4.38. The lowest BCUT2D eigenvalue weighted by Crippen LogP contribution is -2.30. The second kappa shape index (κ2) is 13.8. The van der Waals surface area contributed by atoms with Gasteiger partial charge in [-0.25, -0.2) is 0 Å². The lowest BCUT2D eigenvalue weighted by atomic mass is 10.0. The molecule has 4 rings (SSSR count). The summed E-state index contributed by atoms with van der Waals surface area (Å²) in [7, 11) is 3.05. The number of amides is 2. The quantitative estimate of drug-likeness (QED) is 0.184. The Morgan fingerprint density at radius 2 is 1.76 bits per heavy atom. The van der Waals surface area contributed by atoms with Crippen LogP contribution in [-0.4, -0.2) is 50.8 Å². The molecule has 41 heavy (non-hydrogen) atoms. The Morgan fingerprint density at radius 1 is 0.976 bits per heavy atom. The number of pyridine rings is 1. The molecule has 1 heterocycles. The Bertz CT molecular complexity index is 1590. The molecular formula is C30H31ClN4O6. The number of aromatic amines is 1. The number of halogens is 1. The molecule has 214 valence electrons. The van der Waals surface area contributed by atoms with Gasteiger partial charge in [0.05, 0.1) is 36.0 Å². The van der Waals surface area contributed by atoms with Crippen molar-refractivity contribution >= 4 is 40.0 Å². The Morgan fingerprint density at radius 3 is 2.46 bits per heavy atom. The summed E-state index contributed by atoms with van der Waals surface area (Å²) < 4.78 is 16.1. The van der Waals surface area contributed by atoms with Crippen molar-refractivity contribution < 1.29 is 23.8 Å². The van der Waals surface area contributed by atoms with Crippen LogP contribution in [0.3, 0.4) is 0 Å². The number of ether oxygens (including phenoxy) is 3. The lowest BCUT2D eigenvalue weighted by molar-refractivity contribution is 0.0934. The largest absolute Gasteiger partial charge is 0.493 e. The third kappa shape index (κ3) is 7.23. The van der Waals surface area contributed by atoms with Gasteiger partial charge in [-0.3, -0.25) is 14.4 Å². The molecule has 10 nitrogen and oxygen atoms in total. The highest BCUT2D eigenvalue weighted by Crippen LogP contribution is 2.32. The van der Waals surface area contributed by atoms with Crippen molar-refractivity contribution in [3.63, 3.8) is 0 Å². The minimum Gasteiger partial charge on any atom is -0.493 e. The van der Waals surface area contributed by atoms with Gasteiger partial charge in [0.25, 0.3) is 17.4 Å². The van der Waals surface area contributed by atoms with Gasteiger partial charge in [-0.2, -0.15) is 0 Å². The van der Waals surface area contributed by atoms with Crippen molar-refractivity contribution in [1.82, 2.24) is 10.3 Å². The molecule has 0 saturated carbocycles. The fourth-order valence-electron chi connectivity index (χ4n) is 4.26. The van der Waals surface area contributed by atoms with E-state index in [0.29, 0.717) is 42.0 Å².